The van der Waals surface area contributed by atoms with Crippen molar-refractivity contribution in [3.05, 3.63) is 45.8 Å². The lowest BCUT2D eigenvalue weighted by molar-refractivity contribution is -0.147. The average molecular weight is 413 g/mol. The van der Waals surface area contributed by atoms with Crippen LogP contribution in [0, 0.1) is 11.3 Å². The predicted octanol–water partition coefficient (Wildman–Crippen LogP) is 4.01. The lowest BCUT2D eigenvalue weighted by atomic mass is 10.1. The van der Waals surface area contributed by atoms with Crippen molar-refractivity contribution in [3.63, 3.8) is 0 Å². The lowest BCUT2D eigenvalue weighted by Crippen LogP contribution is -2.21. The van der Waals surface area contributed by atoms with Crippen molar-refractivity contribution in [2.24, 2.45) is 0 Å². The molecule has 0 atom stereocenters. The summed E-state index contributed by atoms with van der Waals surface area (Å²) in [5.41, 5.74) is 2.62. The first-order chi connectivity index (χ1) is 14.1. The Morgan fingerprint density at radius 2 is 1.93 bits per heavy atom. The predicted molar refractivity (Wildman–Crippen MR) is 111 cm³/mol. The van der Waals surface area contributed by atoms with Crippen molar-refractivity contribution in [2.75, 3.05) is 19.0 Å². The van der Waals surface area contributed by atoms with E-state index < -0.39 is 11.9 Å². The Labute approximate surface area is 174 Å². The van der Waals surface area contributed by atoms with Gasteiger partial charge in [-0.25, -0.2) is 0 Å². The number of carbonyl (C=O) groups excluding carboxylic acids is 2. The molecular formula is C22H24N2O4S. The quantitative estimate of drug-likeness (QED) is 0.548. The van der Waals surface area contributed by atoms with E-state index in [2.05, 4.69) is 11.4 Å². The van der Waals surface area contributed by atoms with Gasteiger partial charge in [-0.1, -0.05) is 18.6 Å². The summed E-state index contributed by atoms with van der Waals surface area (Å²) in [4.78, 5) is 25.3. The van der Waals surface area contributed by atoms with E-state index in [-0.39, 0.29) is 13.0 Å². The van der Waals surface area contributed by atoms with Gasteiger partial charge in [-0.15, -0.1) is 11.3 Å². The molecule has 3 rings (SSSR count). The van der Waals surface area contributed by atoms with Gasteiger partial charge >= 0.3 is 5.97 Å². The lowest BCUT2D eigenvalue weighted by Gasteiger charge is -2.06. The maximum Gasteiger partial charge on any atom is 0.306 e. The van der Waals surface area contributed by atoms with Crippen molar-refractivity contribution in [1.82, 2.24) is 0 Å². The molecule has 6 nitrogen and oxygen atoms in total. The fraction of sp³-hybridized carbons (Fsp3) is 0.409. The molecule has 0 radical (unpaired) electrons. The first-order valence-electron chi connectivity index (χ1n) is 9.73. The van der Waals surface area contributed by atoms with Crippen LogP contribution >= 0.6 is 11.3 Å². The second kappa shape index (κ2) is 10.1. The standard InChI is InChI=1S/C22H24N2O4S/c1-27-16-10-7-15(8-11-16)9-12-21(26)28-14-20(25)24-22-18(13-23)17-5-3-2-4-6-19(17)29-22/h7-8,10-11H,2-6,9,12,14H2,1H3,(H,24,25). The number of amides is 1. The van der Waals surface area contributed by atoms with E-state index >= 15 is 0 Å². The third-order valence-electron chi connectivity index (χ3n) is 4.93. The summed E-state index contributed by atoms with van der Waals surface area (Å²) in [5.74, 6) is -0.0928. The third kappa shape index (κ3) is 5.58. The van der Waals surface area contributed by atoms with Gasteiger partial charge in [0.1, 0.15) is 16.8 Å². The highest BCUT2D eigenvalue weighted by molar-refractivity contribution is 7.16. The second-order valence-electron chi connectivity index (χ2n) is 6.94. The molecule has 1 aromatic carbocycles. The summed E-state index contributed by atoms with van der Waals surface area (Å²) in [6, 6.07) is 9.68. The number of hydrogen-bond acceptors (Lipinski definition) is 6. The van der Waals surface area contributed by atoms with Crippen LogP contribution in [0.25, 0.3) is 0 Å². The maximum absolute atomic E-state index is 12.2. The highest BCUT2D eigenvalue weighted by atomic mass is 32.1. The molecule has 1 aliphatic carbocycles. The first kappa shape index (κ1) is 20.9. The number of nitrogens with zero attached hydrogens (tertiary/aromatic N) is 1. The summed E-state index contributed by atoms with van der Waals surface area (Å²) in [5, 5.41) is 12.8. The molecule has 0 bridgehead atoms. The number of anilines is 1. The zero-order chi connectivity index (χ0) is 20.6. The van der Waals surface area contributed by atoms with Crippen LogP contribution in [-0.2, 0) is 33.6 Å². The number of thiophene rings is 1. The Hall–Kier alpha value is -2.85. The molecule has 0 saturated heterocycles. The molecule has 1 amide bonds. The minimum atomic E-state index is -0.432. The van der Waals surface area contributed by atoms with Crippen LogP contribution in [0.3, 0.4) is 0 Å². The Morgan fingerprint density at radius 1 is 1.17 bits per heavy atom. The maximum atomic E-state index is 12.2. The van der Waals surface area contributed by atoms with Crippen LogP contribution in [0.1, 0.15) is 47.3 Å². The number of rotatable bonds is 7. The molecule has 1 N–H and O–H groups in total. The number of ether oxygens (including phenoxy) is 2. The van der Waals surface area contributed by atoms with Crippen LogP contribution in [0.5, 0.6) is 5.75 Å². The molecule has 1 aliphatic rings. The van der Waals surface area contributed by atoms with E-state index in [4.69, 9.17) is 9.47 Å². The van der Waals surface area contributed by atoms with Gasteiger partial charge in [0.15, 0.2) is 6.61 Å². The topological polar surface area (TPSA) is 88.4 Å². The van der Waals surface area contributed by atoms with Crippen LogP contribution in [0.4, 0.5) is 5.00 Å². The molecule has 7 heteroatoms. The second-order valence-corrected chi connectivity index (χ2v) is 8.04. The number of carbonyl (C=O) groups is 2. The number of benzene rings is 1. The zero-order valence-electron chi connectivity index (χ0n) is 16.5. The monoisotopic (exact) mass is 412 g/mol. The van der Waals surface area contributed by atoms with Gasteiger partial charge in [-0.2, -0.15) is 5.26 Å². The molecule has 0 saturated carbocycles. The SMILES string of the molecule is COc1ccc(CCC(=O)OCC(=O)Nc2sc3c(c2C#N)CCCCC3)cc1. The van der Waals surface area contributed by atoms with Crippen LogP contribution in [0.2, 0.25) is 0 Å². The van der Waals surface area contributed by atoms with Gasteiger partial charge < -0.3 is 14.8 Å². The number of esters is 1. The van der Waals surface area contributed by atoms with Crippen molar-refractivity contribution in [3.8, 4) is 11.8 Å². The molecule has 152 valence electrons. The van der Waals surface area contributed by atoms with Crippen molar-refractivity contribution in [2.45, 2.75) is 44.9 Å². The van der Waals surface area contributed by atoms with E-state index in [1.54, 1.807) is 7.11 Å². The summed E-state index contributed by atoms with van der Waals surface area (Å²) >= 11 is 1.47. The Kier molecular flexibility index (Phi) is 7.25. The zero-order valence-corrected chi connectivity index (χ0v) is 17.3. The van der Waals surface area contributed by atoms with Crippen LogP contribution in [0.15, 0.2) is 24.3 Å². The number of nitrogens with one attached hydrogen (secondary N) is 1. The van der Waals surface area contributed by atoms with Gasteiger partial charge in [0.25, 0.3) is 5.91 Å². The Morgan fingerprint density at radius 3 is 2.66 bits per heavy atom. The number of aryl methyl sites for hydroxylation is 2. The minimum Gasteiger partial charge on any atom is -0.497 e. The summed E-state index contributed by atoms with van der Waals surface area (Å²) in [6.45, 7) is -0.352. The molecule has 0 aliphatic heterocycles. The smallest absolute Gasteiger partial charge is 0.306 e. The van der Waals surface area contributed by atoms with Gasteiger partial charge in [0.2, 0.25) is 0 Å². The van der Waals surface area contributed by atoms with E-state index in [9.17, 15) is 14.9 Å². The van der Waals surface area contributed by atoms with E-state index in [1.807, 2.05) is 24.3 Å². The number of nitriles is 1. The van der Waals surface area contributed by atoms with Crippen molar-refractivity contribution < 1.29 is 19.1 Å². The molecule has 0 spiro atoms. The third-order valence-corrected chi connectivity index (χ3v) is 6.13. The fourth-order valence-corrected chi connectivity index (χ4v) is 4.62. The highest BCUT2D eigenvalue weighted by Gasteiger charge is 2.21. The molecule has 1 aromatic heterocycles. The molecule has 29 heavy (non-hydrogen) atoms. The number of fused-ring (bicyclic) bond motifs is 1. The average Bonchev–Trinajstić information content (AvgIpc) is 2.89. The fourth-order valence-electron chi connectivity index (χ4n) is 3.37. The highest BCUT2D eigenvalue weighted by Crippen LogP contribution is 2.36. The van der Waals surface area contributed by atoms with E-state index in [0.717, 1.165) is 42.6 Å². The normalized spacial score (nSPS) is 13.0. The molecule has 0 unspecified atom stereocenters. The molecular weight excluding hydrogens is 388 g/mol. The van der Waals surface area contributed by atoms with E-state index in [0.29, 0.717) is 17.0 Å². The van der Waals surface area contributed by atoms with Gasteiger partial charge in [0.05, 0.1) is 12.7 Å². The number of hydrogen-bond donors (Lipinski definition) is 1. The van der Waals surface area contributed by atoms with Crippen LogP contribution < -0.4 is 10.1 Å². The van der Waals surface area contributed by atoms with Crippen molar-refractivity contribution >= 4 is 28.2 Å². The summed E-state index contributed by atoms with van der Waals surface area (Å²) in [7, 11) is 1.60. The van der Waals surface area contributed by atoms with Gasteiger partial charge in [-0.3, -0.25) is 9.59 Å². The van der Waals surface area contributed by atoms with Gasteiger partial charge in [-0.05, 0) is 55.4 Å². The van der Waals surface area contributed by atoms with E-state index in [1.165, 1.54) is 22.6 Å². The summed E-state index contributed by atoms with van der Waals surface area (Å²) < 4.78 is 10.2. The van der Waals surface area contributed by atoms with Crippen LogP contribution in [-0.4, -0.2) is 25.6 Å². The van der Waals surface area contributed by atoms with Gasteiger partial charge in [0, 0.05) is 11.3 Å². The Bertz CT molecular complexity index is 912. The molecule has 1 heterocycles. The van der Waals surface area contributed by atoms with Crippen molar-refractivity contribution in [1.29, 1.82) is 5.26 Å². The minimum absolute atomic E-state index is 0.191. The molecule has 0 fully saturated rings. The summed E-state index contributed by atoms with van der Waals surface area (Å²) in [6.07, 6.45) is 5.89. The molecule has 2 aromatic rings. The Balaban J connectivity index is 1.48. The largest absolute Gasteiger partial charge is 0.497 e. The first-order valence-corrected chi connectivity index (χ1v) is 10.6. The number of methoxy groups -OCH3 is 1.